The highest BCUT2D eigenvalue weighted by atomic mass is 32.2. The molecule has 0 atom stereocenters. The molecule has 1 amide bonds. The fourth-order valence-electron chi connectivity index (χ4n) is 3.64. The van der Waals surface area contributed by atoms with Gasteiger partial charge in [-0.1, -0.05) is 18.2 Å². The SMILES string of the molecule is CSc1ccc(S(=O)(=O)N2CCc3ccccc32)cc1C(=O)N1CCOCC1. The van der Waals surface area contributed by atoms with Crippen LogP contribution in [0.5, 0.6) is 0 Å². The van der Waals surface area contributed by atoms with Crippen molar-refractivity contribution in [2.45, 2.75) is 16.2 Å². The summed E-state index contributed by atoms with van der Waals surface area (Å²) in [5.74, 6) is -0.147. The van der Waals surface area contributed by atoms with Gasteiger partial charge in [0.05, 0.1) is 29.4 Å². The molecule has 148 valence electrons. The quantitative estimate of drug-likeness (QED) is 0.714. The number of benzene rings is 2. The molecule has 2 aromatic carbocycles. The molecule has 0 aliphatic carbocycles. The number of hydrogen-bond donors (Lipinski definition) is 0. The lowest BCUT2D eigenvalue weighted by molar-refractivity contribution is 0.0300. The maximum Gasteiger partial charge on any atom is 0.264 e. The lowest BCUT2D eigenvalue weighted by atomic mass is 10.2. The average molecular weight is 419 g/mol. The van der Waals surface area contributed by atoms with Crippen LogP contribution in [0, 0.1) is 0 Å². The summed E-state index contributed by atoms with van der Waals surface area (Å²) < 4.78 is 33.4. The van der Waals surface area contributed by atoms with Crippen LogP contribution in [-0.2, 0) is 21.2 Å². The highest BCUT2D eigenvalue weighted by molar-refractivity contribution is 7.98. The Kier molecular flexibility index (Phi) is 5.35. The molecule has 1 fully saturated rings. The van der Waals surface area contributed by atoms with Crippen molar-refractivity contribution in [1.29, 1.82) is 0 Å². The monoisotopic (exact) mass is 418 g/mol. The van der Waals surface area contributed by atoms with Crippen LogP contribution in [0.2, 0.25) is 0 Å². The van der Waals surface area contributed by atoms with Crippen molar-refractivity contribution in [3.63, 3.8) is 0 Å². The number of nitrogens with zero attached hydrogens (tertiary/aromatic N) is 2. The second kappa shape index (κ2) is 7.77. The Bertz CT molecular complexity index is 1000. The molecule has 4 rings (SSSR count). The standard InChI is InChI=1S/C20H22N2O4S2/c1-27-19-7-6-16(14-17(19)20(23)21-10-12-26-13-11-21)28(24,25)22-9-8-15-4-2-3-5-18(15)22/h2-7,14H,8-13H2,1H3. The molecule has 0 bridgehead atoms. The fraction of sp³-hybridized carbons (Fsp3) is 0.350. The van der Waals surface area contributed by atoms with Crippen molar-refractivity contribution in [3.05, 3.63) is 53.6 Å². The second-order valence-corrected chi connectivity index (χ2v) is 9.43. The van der Waals surface area contributed by atoms with Gasteiger partial charge in [0.15, 0.2) is 0 Å². The Hall–Kier alpha value is -2.03. The van der Waals surface area contributed by atoms with Gasteiger partial charge in [0.25, 0.3) is 15.9 Å². The van der Waals surface area contributed by atoms with E-state index in [1.807, 2.05) is 30.5 Å². The summed E-state index contributed by atoms with van der Waals surface area (Å²) in [5, 5.41) is 0. The summed E-state index contributed by atoms with van der Waals surface area (Å²) in [4.78, 5) is 15.7. The maximum absolute atomic E-state index is 13.3. The summed E-state index contributed by atoms with van der Waals surface area (Å²) in [7, 11) is -3.74. The van der Waals surface area contributed by atoms with Gasteiger partial charge in [0.2, 0.25) is 0 Å². The molecule has 2 heterocycles. The Labute approximate surface area is 169 Å². The third-order valence-electron chi connectivity index (χ3n) is 5.13. The first-order chi connectivity index (χ1) is 13.5. The van der Waals surface area contributed by atoms with Gasteiger partial charge in [0, 0.05) is 24.5 Å². The van der Waals surface area contributed by atoms with Gasteiger partial charge in [0.1, 0.15) is 0 Å². The minimum Gasteiger partial charge on any atom is -0.378 e. The van der Waals surface area contributed by atoms with Gasteiger partial charge in [-0.2, -0.15) is 0 Å². The molecule has 0 aromatic heterocycles. The Morgan fingerprint density at radius 1 is 1.07 bits per heavy atom. The molecule has 2 aromatic rings. The number of amides is 1. The van der Waals surface area contributed by atoms with Crippen LogP contribution >= 0.6 is 11.8 Å². The second-order valence-electron chi connectivity index (χ2n) is 6.72. The van der Waals surface area contributed by atoms with E-state index in [0.29, 0.717) is 44.8 Å². The highest BCUT2D eigenvalue weighted by Gasteiger charge is 2.32. The van der Waals surface area contributed by atoms with E-state index in [9.17, 15) is 13.2 Å². The van der Waals surface area contributed by atoms with Crippen LogP contribution in [0.4, 0.5) is 5.69 Å². The summed E-state index contributed by atoms with van der Waals surface area (Å²) in [5.41, 5.74) is 2.18. The van der Waals surface area contributed by atoms with Crippen molar-refractivity contribution in [1.82, 2.24) is 4.90 Å². The summed E-state index contributed by atoms with van der Waals surface area (Å²) in [6, 6.07) is 12.4. The lowest BCUT2D eigenvalue weighted by Crippen LogP contribution is -2.41. The van der Waals surface area contributed by atoms with Crippen LogP contribution in [0.25, 0.3) is 0 Å². The van der Waals surface area contributed by atoms with Gasteiger partial charge in [-0.15, -0.1) is 11.8 Å². The number of anilines is 1. The largest absolute Gasteiger partial charge is 0.378 e. The molecule has 1 saturated heterocycles. The van der Waals surface area contributed by atoms with E-state index in [1.165, 1.54) is 22.1 Å². The molecule has 8 heteroatoms. The van der Waals surface area contributed by atoms with Crippen molar-refractivity contribution in [2.75, 3.05) is 43.4 Å². The molecule has 6 nitrogen and oxygen atoms in total. The topological polar surface area (TPSA) is 66.9 Å². The Morgan fingerprint density at radius 2 is 1.82 bits per heavy atom. The zero-order valence-electron chi connectivity index (χ0n) is 15.6. The van der Waals surface area contributed by atoms with Crippen molar-refractivity contribution < 1.29 is 17.9 Å². The Balaban J connectivity index is 1.71. The number of hydrogen-bond acceptors (Lipinski definition) is 5. The number of carbonyl (C=O) groups excluding carboxylic acids is 1. The van der Waals surface area contributed by atoms with E-state index in [-0.39, 0.29) is 10.8 Å². The molecule has 0 unspecified atom stereocenters. The molecule has 0 spiro atoms. The third-order valence-corrected chi connectivity index (χ3v) is 7.74. The molecular weight excluding hydrogens is 396 g/mol. The molecule has 0 N–H and O–H groups in total. The maximum atomic E-state index is 13.3. The Morgan fingerprint density at radius 3 is 2.57 bits per heavy atom. The number of thioether (sulfide) groups is 1. The number of sulfonamides is 1. The first-order valence-electron chi connectivity index (χ1n) is 9.18. The third kappa shape index (κ3) is 3.40. The molecule has 0 saturated carbocycles. The van der Waals surface area contributed by atoms with Gasteiger partial charge in [-0.3, -0.25) is 9.10 Å². The van der Waals surface area contributed by atoms with Crippen LogP contribution in [0.1, 0.15) is 15.9 Å². The zero-order valence-corrected chi connectivity index (χ0v) is 17.3. The molecular formula is C20H22N2O4S2. The van der Waals surface area contributed by atoms with Gasteiger partial charge < -0.3 is 9.64 Å². The van der Waals surface area contributed by atoms with Crippen molar-refractivity contribution in [3.8, 4) is 0 Å². The van der Waals surface area contributed by atoms with Gasteiger partial charge >= 0.3 is 0 Å². The van der Waals surface area contributed by atoms with Crippen molar-refractivity contribution in [2.24, 2.45) is 0 Å². The number of fused-ring (bicyclic) bond motifs is 1. The predicted molar refractivity (Wildman–Crippen MR) is 110 cm³/mol. The van der Waals surface area contributed by atoms with Crippen LogP contribution in [0.3, 0.4) is 0 Å². The van der Waals surface area contributed by atoms with Crippen LogP contribution in [0.15, 0.2) is 52.3 Å². The molecule has 2 aliphatic heterocycles. The van der Waals surface area contributed by atoms with E-state index in [0.717, 1.165) is 16.1 Å². The van der Waals surface area contributed by atoms with Gasteiger partial charge in [-0.25, -0.2) is 8.42 Å². The number of para-hydroxylation sites is 1. The number of ether oxygens (including phenoxy) is 1. The van der Waals surface area contributed by atoms with E-state index in [1.54, 1.807) is 17.0 Å². The predicted octanol–water partition coefficient (Wildman–Crippen LogP) is 2.63. The number of morpholine rings is 1. The molecule has 0 radical (unpaired) electrons. The van der Waals surface area contributed by atoms with Crippen molar-refractivity contribution >= 4 is 33.4 Å². The highest BCUT2D eigenvalue weighted by Crippen LogP contribution is 2.34. The molecule has 28 heavy (non-hydrogen) atoms. The zero-order chi connectivity index (χ0) is 19.7. The summed E-state index contributed by atoms with van der Waals surface area (Å²) >= 11 is 1.44. The smallest absolute Gasteiger partial charge is 0.264 e. The lowest BCUT2D eigenvalue weighted by Gasteiger charge is -2.28. The summed E-state index contributed by atoms with van der Waals surface area (Å²) in [6.07, 6.45) is 2.58. The van der Waals surface area contributed by atoms with E-state index in [2.05, 4.69) is 0 Å². The molecule has 2 aliphatic rings. The minimum absolute atomic E-state index is 0.147. The van der Waals surface area contributed by atoms with Crippen LogP contribution < -0.4 is 4.31 Å². The number of rotatable bonds is 4. The van der Waals surface area contributed by atoms with E-state index >= 15 is 0 Å². The average Bonchev–Trinajstić information content (AvgIpc) is 3.18. The van der Waals surface area contributed by atoms with E-state index < -0.39 is 10.0 Å². The van der Waals surface area contributed by atoms with Crippen LogP contribution in [-0.4, -0.2) is 58.3 Å². The first-order valence-corrected chi connectivity index (χ1v) is 11.8. The first kappa shape index (κ1) is 19.3. The minimum atomic E-state index is -3.74. The fourth-order valence-corrected chi connectivity index (χ4v) is 5.74. The normalized spacial score (nSPS) is 16.9. The summed E-state index contributed by atoms with van der Waals surface area (Å²) in [6.45, 7) is 2.46. The van der Waals surface area contributed by atoms with E-state index in [4.69, 9.17) is 4.74 Å². The van der Waals surface area contributed by atoms with Gasteiger partial charge in [-0.05, 0) is 42.5 Å². The number of carbonyl (C=O) groups is 1.